The number of nitrogens with zero attached hydrogens (tertiary/aromatic N) is 2. The molecule has 2 aliphatic rings. The van der Waals surface area contributed by atoms with Crippen molar-refractivity contribution in [3.05, 3.63) is 76.2 Å². The summed E-state index contributed by atoms with van der Waals surface area (Å²) in [5.41, 5.74) is -4.72. The number of Topliss-reactive ketones (excluding diaryl/α,β-unsaturated/α-hetero) is 1. The fourth-order valence-corrected chi connectivity index (χ4v) is 4.73. The second-order valence-electron chi connectivity index (χ2n) is 9.19. The molecule has 1 aromatic carbocycles. The van der Waals surface area contributed by atoms with Crippen molar-refractivity contribution in [1.29, 1.82) is 0 Å². The van der Waals surface area contributed by atoms with E-state index in [4.69, 9.17) is 11.6 Å². The summed E-state index contributed by atoms with van der Waals surface area (Å²) in [5.74, 6) is -3.43. The Kier molecular flexibility index (Phi) is 5.80. The molecule has 0 fully saturated rings. The lowest BCUT2D eigenvalue weighted by atomic mass is 9.72. The Hall–Kier alpha value is -3.20. The van der Waals surface area contributed by atoms with E-state index in [1.54, 1.807) is 38.1 Å². The van der Waals surface area contributed by atoms with Gasteiger partial charge in [0.15, 0.2) is 5.78 Å². The van der Waals surface area contributed by atoms with Crippen LogP contribution in [0.25, 0.3) is 0 Å². The molecule has 1 N–H and O–H groups in total. The number of hydrogen-bond donors (Lipinski definition) is 1. The van der Waals surface area contributed by atoms with Crippen LogP contribution in [0.1, 0.15) is 42.6 Å². The average Bonchev–Trinajstić information content (AvgIpc) is 2.98. The van der Waals surface area contributed by atoms with E-state index in [1.807, 2.05) is 5.32 Å². The maximum Gasteiger partial charge on any atom is 0.425 e. The summed E-state index contributed by atoms with van der Waals surface area (Å²) in [6.45, 7) is 3.21. The van der Waals surface area contributed by atoms with Gasteiger partial charge in [-0.3, -0.25) is 19.4 Å². The molecule has 4 rings (SSSR count). The number of benzene rings is 1. The summed E-state index contributed by atoms with van der Waals surface area (Å²) < 4.78 is 44.3. The molecule has 10 heteroatoms. The van der Waals surface area contributed by atoms with Crippen molar-refractivity contribution in [3.8, 4) is 0 Å². The third-order valence-corrected chi connectivity index (χ3v) is 6.42. The number of carbonyl (C=O) groups excluding carboxylic acids is 3. The van der Waals surface area contributed by atoms with Crippen LogP contribution < -0.4 is 5.32 Å². The molecular formula is C24H21ClF3N3O3. The highest BCUT2D eigenvalue weighted by Gasteiger charge is 2.71. The van der Waals surface area contributed by atoms with Crippen molar-refractivity contribution in [2.75, 3.05) is 0 Å². The first-order valence-electron chi connectivity index (χ1n) is 10.5. The molecule has 6 nitrogen and oxygen atoms in total. The highest BCUT2D eigenvalue weighted by atomic mass is 35.5. The van der Waals surface area contributed by atoms with Gasteiger partial charge in [-0.15, -0.1) is 0 Å². The van der Waals surface area contributed by atoms with E-state index in [-0.39, 0.29) is 35.7 Å². The van der Waals surface area contributed by atoms with Gasteiger partial charge in [-0.25, -0.2) is 0 Å². The molecule has 1 atom stereocenters. The van der Waals surface area contributed by atoms with Gasteiger partial charge in [0.1, 0.15) is 0 Å². The van der Waals surface area contributed by atoms with Crippen LogP contribution in [0.2, 0.25) is 5.02 Å². The zero-order valence-electron chi connectivity index (χ0n) is 18.4. The molecule has 2 amide bonds. The fourth-order valence-electron chi connectivity index (χ4n) is 4.53. The summed E-state index contributed by atoms with van der Waals surface area (Å²) in [6.07, 6.45) is -2.99. The van der Waals surface area contributed by atoms with Gasteiger partial charge in [0.25, 0.3) is 11.8 Å². The Balaban J connectivity index is 1.89. The van der Waals surface area contributed by atoms with Crippen LogP contribution in [-0.2, 0) is 16.1 Å². The zero-order chi connectivity index (χ0) is 24.9. The van der Waals surface area contributed by atoms with Crippen molar-refractivity contribution in [3.63, 3.8) is 0 Å². The predicted octanol–water partition coefficient (Wildman–Crippen LogP) is 4.45. The molecule has 0 spiro atoms. The minimum atomic E-state index is -5.28. The first-order valence-corrected chi connectivity index (χ1v) is 10.9. The molecule has 1 aliphatic heterocycles. The number of ketones is 1. The number of rotatable bonds is 4. The molecule has 1 aromatic heterocycles. The van der Waals surface area contributed by atoms with Crippen LogP contribution >= 0.6 is 11.6 Å². The van der Waals surface area contributed by atoms with E-state index >= 15 is 0 Å². The Morgan fingerprint density at radius 1 is 1.15 bits per heavy atom. The first kappa shape index (κ1) is 23.9. The van der Waals surface area contributed by atoms with Crippen LogP contribution in [0, 0.1) is 5.41 Å². The Morgan fingerprint density at radius 3 is 2.47 bits per heavy atom. The maximum atomic E-state index is 14.8. The van der Waals surface area contributed by atoms with Gasteiger partial charge < -0.3 is 10.2 Å². The van der Waals surface area contributed by atoms with Crippen LogP contribution in [0.5, 0.6) is 0 Å². The highest BCUT2D eigenvalue weighted by Crippen LogP contribution is 2.52. The number of hydrogen-bond acceptors (Lipinski definition) is 4. The van der Waals surface area contributed by atoms with E-state index in [1.165, 1.54) is 18.3 Å². The molecule has 34 heavy (non-hydrogen) atoms. The number of nitrogens with one attached hydrogen (secondary N) is 1. The van der Waals surface area contributed by atoms with Gasteiger partial charge in [-0.1, -0.05) is 43.6 Å². The Bertz CT molecular complexity index is 1210. The van der Waals surface area contributed by atoms with Gasteiger partial charge >= 0.3 is 6.18 Å². The zero-order valence-corrected chi connectivity index (χ0v) is 19.1. The standard InChI is InChI=1S/C24H21ClF3N3O3/c1-22(2)10-17-19(18(32)11-22)23(24(26,27)28,30-20(33)14-7-5-9-29-12-14)21(34)31(17)13-15-6-3-4-8-16(15)25/h3-9,12H,10-11,13H2,1-2H3,(H,30,33). The van der Waals surface area contributed by atoms with Crippen molar-refractivity contribution in [2.45, 2.75) is 44.9 Å². The number of carbonyl (C=O) groups is 3. The molecule has 0 bridgehead atoms. The molecule has 0 saturated carbocycles. The van der Waals surface area contributed by atoms with Crippen molar-refractivity contribution < 1.29 is 27.6 Å². The molecule has 0 radical (unpaired) electrons. The van der Waals surface area contributed by atoms with Gasteiger partial charge in [-0.2, -0.15) is 13.2 Å². The number of aromatic nitrogens is 1. The molecular weight excluding hydrogens is 471 g/mol. The van der Waals surface area contributed by atoms with E-state index in [0.29, 0.717) is 5.56 Å². The van der Waals surface area contributed by atoms with E-state index in [9.17, 15) is 27.6 Å². The number of alkyl halides is 3. The summed E-state index contributed by atoms with van der Waals surface area (Å²) in [6, 6.07) is 9.11. The summed E-state index contributed by atoms with van der Waals surface area (Å²) in [5, 5.41) is 2.15. The van der Waals surface area contributed by atoms with Crippen LogP contribution in [0.4, 0.5) is 13.2 Å². The molecule has 0 saturated heterocycles. The van der Waals surface area contributed by atoms with Crippen LogP contribution in [-0.4, -0.2) is 39.2 Å². The summed E-state index contributed by atoms with van der Waals surface area (Å²) >= 11 is 6.22. The number of allylic oxidation sites excluding steroid dienone is 1. The SMILES string of the molecule is CC1(C)CC(=O)C2=C(C1)N(Cc1ccccc1Cl)C(=O)C2(NC(=O)c1cccnc1)C(F)(F)F. The van der Waals surface area contributed by atoms with Crippen LogP contribution in [0.3, 0.4) is 0 Å². The fraction of sp³-hybridized carbons (Fsp3) is 0.333. The van der Waals surface area contributed by atoms with Crippen LogP contribution in [0.15, 0.2) is 60.1 Å². The topological polar surface area (TPSA) is 79.4 Å². The van der Waals surface area contributed by atoms with Gasteiger partial charge in [0.05, 0.1) is 17.7 Å². The third kappa shape index (κ3) is 3.87. The molecule has 1 aliphatic carbocycles. The van der Waals surface area contributed by atoms with E-state index < -0.39 is 40.3 Å². The first-order chi connectivity index (χ1) is 15.9. The lowest BCUT2D eigenvalue weighted by Crippen LogP contribution is -2.66. The summed E-state index contributed by atoms with van der Waals surface area (Å²) in [4.78, 5) is 44.3. The second kappa shape index (κ2) is 8.23. The monoisotopic (exact) mass is 491 g/mol. The minimum Gasteiger partial charge on any atom is -0.326 e. The van der Waals surface area contributed by atoms with Gasteiger partial charge in [0.2, 0.25) is 5.54 Å². The van der Waals surface area contributed by atoms with E-state index in [0.717, 1.165) is 11.1 Å². The average molecular weight is 492 g/mol. The number of amides is 2. The predicted molar refractivity (Wildman–Crippen MR) is 118 cm³/mol. The van der Waals surface area contributed by atoms with E-state index in [2.05, 4.69) is 4.98 Å². The normalized spacial score (nSPS) is 22.1. The highest BCUT2D eigenvalue weighted by molar-refractivity contribution is 6.31. The number of halogens is 4. The van der Waals surface area contributed by atoms with Crippen molar-refractivity contribution in [2.24, 2.45) is 5.41 Å². The molecule has 2 aromatic rings. The Labute approximate surface area is 198 Å². The maximum absolute atomic E-state index is 14.8. The molecule has 2 heterocycles. The van der Waals surface area contributed by atoms with Gasteiger partial charge in [0, 0.05) is 29.5 Å². The van der Waals surface area contributed by atoms with Gasteiger partial charge in [-0.05, 0) is 35.6 Å². The number of pyridine rings is 1. The third-order valence-electron chi connectivity index (χ3n) is 6.06. The molecule has 1 unspecified atom stereocenters. The summed E-state index contributed by atoms with van der Waals surface area (Å²) in [7, 11) is 0. The smallest absolute Gasteiger partial charge is 0.326 e. The Morgan fingerprint density at radius 2 is 1.85 bits per heavy atom. The van der Waals surface area contributed by atoms with Crippen molar-refractivity contribution in [1.82, 2.24) is 15.2 Å². The van der Waals surface area contributed by atoms with Crippen molar-refractivity contribution >= 4 is 29.2 Å². The minimum absolute atomic E-state index is 0.0463. The lowest BCUT2D eigenvalue weighted by Gasteiger charge is -2.35. The second-order valence-corrected chi connectivity index (χ2v) is 9.60. The largest absolute Gasteiger partial charge is 0.425 e. The molecule has 178 valence electrons. The quantitative estimate of drug-likeness (QED) is 0.685. The lowest BCUT2D eigenvalue weighted by molar-refractivity contribution is -0.190.